The van der Waals surface area contributed by atoms with Crippen LogP contribution in [0.4, 0.5) is 5.69 Å². The number of hydrogen-bond donors (Lipinski definition) is 3. The van der Waals surface area contributed by atoms with E-state index in [1.807, 2.05) is 20.8 Å². The quantitative estimate of drug-likeness (QED) is 0.714. The van der Waals surface area contributed by atoms with E-state index in [1.54, 1.807) is 0 Å². The number of aromatic nitrogens is 2. The minimum absolute atomic E-state index is 0.249. The first kappa shape index (κ1) is 14.2. The Labute approximate surface area is 105 Å². The molecule has 100 valence electrons. The molecule has 4 N–H and O–H groups in total. The Kier molecular flexibility index (Phi) is 4.07. The minimum Gasteiger partial charge on any atom is -0.480 e. The Balaban J connectivity index is 2.65. The van der Waals surface area contributed by atoms with Crippen LogP contribution in [-0.2, 0) is 16.1 Å². The summed E-state index contributed by atoms with van der Waals surface area (Å²) < 4.78 is 1.22. The van der Waals surface area contributed by atoms with Gasteiger partial charge in [0.2, 0.25) is 5.91 Å². The van der Waals surface area contributed by atoms with Gasteiger partial charge in [-0.3, -0.25) is 14.3 Å². The highest BCUT2D eigenvalue weighted by Crippen LogP contribution is 2.18. The molecule has 7 nitrogen and oxygen atoms in total. The number of nitrogens with one attached hydrogen (secondary N) is 1. The molecule has 0 bridgehead atoms. The van der Waals surface area contributed by atoms with E-state index in [4.69, 9.17) is 10.8 Å². The van der Waals surface area contributed by atoms with Crippen LogP contribution in [0.5, 0.6) is 0 Å². The number of nitrogens with two attached hydrogens (primary N) is 1. The van der Waals surface area contributed by atoms with Crippen molar-refractivity contribution in [2.75, 3.05) is 5.32 Å². The van der Waals surface area contributed by atoms with Crippen molar-refractivity contribution in [3.8, 4) is 0 Å². The molecule has 0 aliphatic carbocycles. The van der Waals surface area contributed by atoms with E-state index in [2.05, 4.69) is 10.4 Å². The van der Waals surface area contributed by atoms with E-state index in [1.165, 1.54) is 17.1 Å². The maximum absolute atomic E-state index is 11.8. The molecule has 0 unspecified atom stereocenters. The molecular weight excluding hydrogens is 236 g/mol. The van der Waals surface area contributed by atoms with Crippen molar-refractivity contribution in [1.29, 1.82) is 0 Å². The predicted octanol–water partition coefficient (Wildman–Crippen LogP) is 0.280. The molecule has 1 heterocycles. The van der Waals surface area contributed by atoms with E-state index in [-0.39, 0.29) is 17.9 Å². The number of amides is 1. The molecule has 0 aliphatic heterocycles. The lowest BCUT2D eigenvalue weighted by Crippen LogP contribution is -2.45. The van der Waals surface area contributed by atoms with Crippen LogP contribution < -0.4 is 11.1 Å². The van der Waals surface area contributed by atoms with Crippen LogP contribution >= 0.6 is 0 Å². The largest absolute Gasteiger partial charge is 0.480 e. The van der Waals surface area contributed by atoms with Crippen LogP contribution in [-0.4, -0.2) is 32.8 Å². The summed E-state index contributed by atoms with van der Waals surface area (Å²) in [5, 5.41) is 15.0. The number of carbonyl (C=O) groups is 2. The first-order chi connectivity index (χ1) is 8.20. The van der Waals surface area contributed by atoms with Crippen LogP contribution in [0.1, 0.15) is 20.8 Å². The van der Waals surface area contributed by atoms with Gasteiger partial charge >= 0.3 is 5.97 Å². The van der Waals surface area contributed by atoms with Gasteiger partial charge in [0.25, 0.3) is 0 Å². The summed E-state index contributed by atoms with van der Waals surface area (Å²) in [6.07, 6.45) is 2.83. The maximum atomic E-state index is 11.8. The summed E-state index contributed by atoms with van der Waals surface area (Å²) in [6.45, 7) is 5.35. The summed E-state index contributed by atoms with van der Waals surface area (Å²) in [5.41, 5.74) is 5.88. The number of aliphatic carboxylic acids is 1. The lowest BCUT2D eigenvalue weighted by molar-refractivity contribution is -0.137. The van der Waals surface area contributed by atoms with Gasteiger partial charge in [0.05, 0.1) is 17.9 Å². The first-order valence-electron chi connectivity index (χ1n) is 5.51. The van der Waals surface area contributed by atoms with E-state index in [0.29, 0.717) is 5.69 Å². The number of rotatable bonds is 4. The molecule has 1 atom stereocenters. The molecule has 7 heteroatoms. The zero-order valence-electron chi connectivity index (χ0n) is 10.7. The molecule has 0 aromatic carbocycles. The van der Waals surface area contributed by atoms with Gasteiger partial charge in [0.1, 0.15) is 6.54 Å². The molecule has 1 aromatic rings. The standard InChI is InChI=1S/C11H18N4O3/c1-11(2,3)9(12)10(18)14-7-4-13-15(5-7)6-8(16)17/h4-5,9H,6,12H2,1-3H3,(H,14,18)(H,16,17)/t9-/m0/s1. The van der Waals surface area contributed by atoms with Gasteiger partial charge in [-0.2, -0.15) is 5.10 Å². The van der Waals surface area contributed by atoms with Gasteiger partial charge < -0.3 is 16.2 Å². The molecule has 1 aromatic heterocycles. The fourth-order valence-corrected chi connectivity index (χ4v) is 1.27. The van der Waals surface area contributed by atoms with Crippen molar-refractivity contribution in [2.24, 2.45) is 11.1 Å². The number of carboxylic acids is 1. The lowest BCUT2D eigenvalue weighted by atomic mass is 9.87. The van der Waals surface area contributed by atoms with E-state index in [0.717, 1.165) is 0 Å². The van der Waals surface area contributed by atoms with Crippen molar-refractivity contribution >= 4 is 17.6 Å². The third-order valence-corrected chi connectivity index (χ3v) is 2.41. The van der Waals surface area contributed by atoms with Crippen molar-refractivity contribution in [2.45, 2.75) is 33.4 Å². The van der Waals surface area contributed by atoms with Crippen molar-refractivity contribution in [3.05, 3.63) is 12.4 Å². The smallest absolute Gasteiger partial charge is 0.325 e. The summed E-state index contributed by atoms with van der Waals surface area (Å²) >= 11 is 0. The number of anilines is 1. The average molecular weight is 254 g/mol. The number of carboxylic acid groups (broad SMARTS) is 1. The first-order valence-corrected chi connectivity index (χ1v) is 5.51. The van der Waals surface area contributed by atoms with Crippen molar-refractivity contribution in [1.82, 2.24) is 9.78 Å². The molecule has 0 radical (unpaired) electrons. The fourth-order valence-electron chi connectivity index (χ4n) is 1.27. The Bertz CT molecular complexity index is 447. The molecule has 0 spiro atoms. The summed E-state index contributed by atoms with van der Waals surface area (Å²) in [7, 11) is 0. The molecule has 0 saturated heterocycles. The Morgan fingerprint density at radius 1 is 1.56 bits per heavy atom. The average Bonchev–Trinajstić information content (AvgIpc) is 2.61. The highest BCUT2D eigenvalue weighted by molar-refractivity contribution is 5.95. The molecule has 0 fully saturated rings. The highest BCUT2D eigenvalue weighted by Gasteiger charge is 2.27. The lowest BCUT2D eigenvalue weighted by Gasteiger charge is -2.25. The number of hydrogen-bond acceptors (Lipinski definition) is 4. The maximum Gasteiger partial charge on any atom is 0.325 e. The van der Waals surface area contributed by atoms with E-state index < -0.39 is 12.0 Å². The Morgan fingerprint density at radius 3 is 2.67 bits per heavy atom. The normalized spacial score (nSPS) is 13.1. The fraction of sp³-hybridized carbons (Fsp3) is 0.545. The number of carbonyl (C=O) groups excluding carboxylic acids is 1. The third-order valence-electron chi connectivity index (χ3n) is 2.41. The third kappa shape index (κ3) is 3.85. The predicted molar refractivity (Wildman–Crippen MR) is 65.9 cm³/mol. The second-order valence-electron chi connectivity index (χ2n) is 5.15. The van der Waals surface area contributed by atoms with Gasteiger partial charge in [-0.1, -0.05) is 20.8 Å². The van der Waals surface area contributed by atoms with Gasteiger partial charge in [0, 0.05) is 6.20 Å². The summed E-state index contributed by atoms with van der Waals surface area (Å²) in [5.74, 6) is -1.32. The van der Waals surface area contributed by atoms with E-state index in [9.17, 15) is 9.59 Å². The molecular formula is C11H18N4O3. The van der Waals surface area contributed by atoms with Crippen LogP contribution in [0.3, 0.4) is 0 Å². The minimum atomic E-state index is -0.998. The van der Waals surface area contributed by atoms with Crippen molar-refractivity contribution < 1.29 is 14.7 Å². The SMILES string of the molecule is CC(C)(C)[C@@H](N)C(=O)Nc1cnn(CC(=O)O)c1. The van der Waals surface area contributed by atoms with Crippen LogP contribution in [0.25, 0.3) is 0 Å². The van der Waals surface area contributed by atoms with E-state index >= 15 is 0 Å². The second kappa shape index (κ2) is 5.18. The molecule has 0 aliphatic rings. The molecule has 1 amide bonds. The zero-order valence-corrected chi connectivity index (χ0v) is 10.7. The zero-order chi connectivity index (χ0) is 13.9. The van der Waals surface area contributed by atoms with Gasteiger partial charge in [0.15, 0.2) is 0 Å². The van der Waals surface area contributed by atoms with Crippen LogP contribution in [0, 0.1) is 5.41 Å². The van der Waals surface area contributed by atoms with Crippen LogP contribution in [0.15, 0.2) is 12.4 Å². The van der Waals surface area contributed by atoms with Crippen LogP contribution in [0.2, 0.25) is 0 Å². The second-order valence-corrected chi connectivity index (χ2v) is 5.15. The monoisotopic (exact) mass is 254 g/mol. The Morgan fingerprint density at radius 2 is 2.17 bits per heavy atom. The molecule has 0 saturated carbocycles. The van der Waals surface area contributed by atoms with Crippen molar-refractivity contribution in [3.63, 3.8) is 0 Å². The summed E-state index contributed by atoms with van der Waals surface area (Å²) in [6, 6.07) is -0.652. The Hall–Kier alpha value is -1.89. The molecule has 1 rings (SSSR count). The van der Waals surface area contributed by atoms with Gasteiger partial charge in [-0.15, -0.1) is 0 Å². The molecule has 18 heavy (non-hydrogen) atoms. The highest BCUT2D eigenvalue weighted by atomic mass is 16.4. The van der Waals surface area contributed by atoms with Gasteiger partial charge in [-0.05, 0) is 5.41 Å². The number of nitrogens with zero attached hydrogens (tertiary/aromatic N) is 2. The van der Waals surface area contributed by atoms with Gasteiger partial charge in [-0.25, -0.2) is 0 Å². The topological polar surface area (TPSA) is 110 Å². The summed E-state index contributed by atoms with van der Waals surface area (Å²) in [4.78, 5) is 22.3.